The molecule has 2 aromatic carbocycles. The van der Waals surface area contributed by atoms with Gasteiger partial charge in [-0.15, -0.1) is 0 Å². The average molecular weight is 649 g/mol. The van der Waals surface area contributed by atoms with Gasteiger partial charge in [0.05, 0.1) is 0 Å². The Morgan fingerprint density at radius 2 is 0.923 bits per heavy atom. The third kappa shape index (κ3) is 11.3. The van der Waals surface area contributed by atoms with Crippen LogP contribution in [0.1, 0.15) is 119 Å². The highest BCUT2D eigenvalue weighted by atomic mass is 35.5. The number of halogens is 4. The molecule has 0 amide bonds. The minimum Gasteiger partial charge on any atom is -0.452 e. The summed E-state index contributed by atoms with van der Waals surface area (Å²) in [6.07, 6.45) is 14.8. The van der Waals surface area contributed by atoms with E-state index in [9.17, 15) is 0 Å². The van der Waals surface area contributed by atoms with E-state index in [2.05, 4.69) is 53.7 Å². The zero-order valence-electron chi connectivity index (χ0n) is 25.0. The second kappa shape index (κ2) is 17.2. The maximum absolute atomic E-state index is 7.57. The third-order valence-electron chi connectivity index (χ3n) is 8.02. The van der Waals surface area contributed by atoms with Crippen molar-refractivity contribution in [1.29, 1.82) is 0 Å². The van der Waals surface area contributed by atoms with Crippen LogP contribution in [0.4, 0.5) is 0 Å². The lowest BCUT2D eigenvalue weighted by atomic mass is 10.0. The Labute approximate surface area is 262 Å². The summed E-state index contributed by atoms with van der Waals surface area (Å²) in [6, 6.07) is 11.7. The van der Waals surface area contributed by atoms with Gasteiger partial charge in [-0.25, -0.2) is 0 Å². The summed E-state index contributed by atoms with van der Waals surface area (Å²) in [5, 5.41) is 5.15. The first-order valence-electron chi connectivity index (χ1n) is 15.0. The van der Waals surface area contributed by atoms with Crippen molar-refractivity contribution in [3.63, 3.8) is 0 Å². The predicted molar refractivity (Wildman–Crippen MR) is 182 cm³/mol. The van der Waals surface area contributed by atoms with E-state index in [0.717, 1.165) is 33.3 Å². The van der Waals surface area contributed by atoms with Crippen molar-refractivity contribution in [1.82, 2.24) is 0 Å². The highest BCUT2D eigenvalue weighted by Crippen LogP contribution is 2.42. The zero-order valence-corrected chi connectivity index (χ0v) is 30.4. The van der Waals surface area contributed by atoms with Gasteiger partial charge in [-0.2, -0.15) is 0 Å². The van der Waals surface area contributed by atoms with Crippen molar-refractivity contribution in [2.45, 2.75) is 129 Å². The quantitative estimate of drug-likeness (QED) is 0.115. The Morgan fingerprint density at radius 3 is 1.28 bits per heavy atom. The van der Waals surface area contributed by atoms with E-state index in [4.69, 9.17) is 50.5 Å². The first-order valence-corrected chi connectivity index (χ1v) is 19.7. The van der Waals surface area contributed by atoms with Crippen LogP contribution in [0.5, 0.6) is 0 Å². The van der Waals surface area contributed by atoms with E-state index < -0.39 is 18.1 Å². The lowest BCUT2D eigenvalue weighted by molar-refractivity contribution is 0.438. The van der Waals surface area contributed by atoms with Gasteiger partial charge in [0, 0.05) is 20.1 Å². The van der Waals surface area contributed by atoms with Crippen molar-refractivity contribution < 1.29 is 4.12 Å². The largest absolute Gasteiger partial charge is 0.452 e. The van der Waals surface area contributed by atoms with Crippen molar-refractivity contribution in [3.8, 4) is 0 Å². The van der Waals surface area contributed by atoms with Gasteiger partial charge in [0.1, 0.15) is 0 Å². The molecule has 220 valence electrons. The van der Waals surface area contributed by atoms with Crippen LogP contribution >= 0.6 is 46.4 Å². The van der Waals surface area contributed by atoms with E-state index >= 15 is 0 Å². The fourth-order valence-electron chi connectivity index (χ4n) is 5.55. The molecule has 0 bridgehead atoms. The van der Waals surface area contributed by atoms with Crippen LogP contribution in [0.3, 0.4) is 0 Å². The van der Waals surface area contributed by atoms with E-state index in [1.165, 1.54) is 64.2 Å². The molecule has 0 radical (unpaired) electrons. The monoisotopic (exact) mass is 646 g/mol. The van der Waals surface area contributed by atoms with Crippen LogP contribution in [-0.4, -0.2) is 18.1 Å². The summed E-state index contributed by atoms with van der Waals surface area (Å²) >= 11 is 26.9. The van der Waals surface area contributed by atoms with Gasteiger partial charge in [0.2, 0.25) is 18.1 Å². The summed E-state index contributed by atoms with van der Waals surface area (Å²) in [5.74, 6) is 0. The van der Waals surface area contributed by atoms with Crippen LogP contribution in [0.15, 0.2) is 36.4 Å². The van der Waals surface area contributed by atoms with E-state index in [1.54, 1.807) is 0 Å². The maximum Gasteiger partial charge on any atom is 0.202 e. The van der Waals surface area contributed by atoms with Gasteiger partial charge in [0.15, 0.2) is 0 Å². The second-order valence-corrected chi connectivity index (χ2v) is 21.2. The van der Waals surface area contributed by atoms with Crippen molar-refractivity contribution in [2.75, 3.05) is 0 Å². The van der Waals surface area contributed by atoms with E-state index in [1.807, 2.05) is 24.3 Å². The molecule has 0 aliphatic rings. The number of hydrogen-bond donors (Lipinski definition) is 0. The molecule has 2 aromatic rings. The smallest absolute Gasteiger partial charge is 0.202 e. The summed E-state index contributed by atoms with van der Waals surface area (Å²) < 4.78 is 7.57. The normalized spacial score (nSPS) is 14.0. The number of hydrogen-bond acceptors (Lipinski definition) is 1. The molecule has 0 N–H and O–H groups in total. The SMILES string of the molecule is CCCCCCCC(C)(C)[SiH](O[SiH](c1cc(Cl)ccc1Cl)C(C)(C)CCCCCCC)c1cc(Cl)ccc1Cl. The molecule has 0 saturated heterocycles. The van der Waals surface area contributed by atoms with E-state index in [-0.39, 0.29) is 10.1 Å². The van der Waals surface area contributed by atoms with Crippen LogP contribution in [0.25, 0.3) is 0 Å². The molecule has 2 atom stereocenters. The highest BCUT2D eigenvalue weighted by Gasteiger charge is 2.43. The average Bonchev–Trinajstić information content (AvgIpc) is 2.87. The Kier molecular flexibility index (Phi) is 15.5. The fraction of sp³-hybridized carbons (Fsp3) is 0.625. The first-order chi connectivity index (χ1) is 18.4. The Bertz CT molecular complexity index is 932. The molecular weight excluding hydrogens is 598 g/mol. The van der Waals surface area contributed by atoms with Crippen molar-refractivity contribution in [2.24, 2.45) is 0 Å². The molecule has 0 heterocycles. The lowest BCUT2D eigenvalue weighted by Gasteiger charge is -2.42. The molecule has 7 heteroatoms. The number of benzene rings is 2. The number of rotatable bonds is 18. The second-order valence-electron chi connectivity index (χ2n) is 12.5. The molecule has 0 aromatic heterocycles. The van der Waals surface area contributed by atoms with Gasteiger partial charge in [-0.3, -0.25) is 0 Å². The van der Waals surface area contributed by atoms with Crippen molar-refractivity contribution >= 4 is 74.9 Å². The van der Waals surface area contributed by atoms with Crippen LogP contribution in [0.2, 0.25) is 30.2 Å². The summed E-state index contributed by atoms with van der Waals surface area (Å²) in [7, 11) is -4.20. The molecule has 0 aliphatic heterocycles. The molecule has 39 heavy (non-hydrogen) atoms. The standard InChI is InChI=1S/C32H50Cl4OSi2/c1-7-9-11-13-15-21-31(3,4)38(29-23-25(33)17-19-27(29)35)37-39(30-24-26(34)18-20-28(30)36)32(5,6)22-16-14-12-10-8-2/h17-20,23-24,38-39H,7-16,21-22H2,1-6H3. The van der Waals surface area contributed by atoms with Gasteiger partial charge >= 0.3 is 0 Å². The Balaban J connectivity index is 2.50. The first kappa shape index (κ1) is 35.2. The molecular formula is C32H50Cl4OSi2. The predicted octanol–water partition coefficient (Wildman–Crippen LogP) is 11.2. The Hall–Kier alpha value is -0.00623. The third-order valence-corrected chi connectivity index (χ3v) is 17.2. The maximum atomic E-state index is 7.57. The zero-order chi connectivity index (χ0) is 29.1. The van der Waals surface area contributed by atoms with Crippen LogP contribution < -0.4 is 10.4 Å². The van der Waals surface area contributed by atoms with Crippen LogP contribution in [-0.2, 0) is 4.12 Å². The topological polar surface area (TPSA) is 9.23 Å². The van der Waals surface area contributed by atoms with E-state index in [0.29, 0.717) is 10.0 Å². The molecule has 0 fully saturated rings. The minimum atomic E-state index is -2.10. The lowest BCUT2D eigenvalue weighted by Crippen LogP contribution is -2.54. The minimum absolute atomic E-state index is 0.00591. The van der Waals surface area contributed by atoms with Crippen LogP contribution in [0, 0.1) is 0 Å². The number of unbranched alkanes of at least 4 members (excludes halogenated alkanes) is 8. The molecule has 2 rings (SSSR count). The molecule has 1 nitrogen and oxygen atoms in total. The molecule has 0 saturated carbocycles. The Morgan fingerprint density at radius 1 is 0.564 bits per heavy atom. The van der Waals surface area contributed by atoms with Gasteiger partial charge in [-0.1, -0.05) is 152 Å². The van der Waals surface area contributed by atoms with Gasteiger partial charge in [0.25, 0.3) is 0 Å². The summed E-state index contributed by atoms with van der Waals surface area (Å²) in [4.78, 5) is 0. The van der Waals surface area contributed by atoms with Gasteiger partial charge in [-0.05, 0) is 69.7 Å². The molecule has 0 spiro atoms. The highest BCUT2D eigenvalue weighted by molar-refractivity contribution is 6.84. The summed E-state index contributed by atoms with van der Waals surface area (Å²) in [6.45, 7) is 14.0. The van der Waals surface area contributed by atoms with Gasteiger partial charge < -0.3 is 4.12 Å². The molecule has 0 aliphatic carbocycles. The fourth-order valence-corrected chi connectivity index (χ4v) is 16.1. The summed E-state index contributed by atoms with van der Waals surface area (Å²) in [5.41, 5.74) is 0. The molecule has 2 unspecified atom stereocenters. The van der Waals surface area contributed by atoms with Crippen molar-refractivity contribution in [3.05, 3.63) is 56.5 Å².